The second kappa shape index (κ2) is 6.24. The molecule has 2 saturated heterocycles. The summed E-state index contributed by atoms with van der Waals surface area (Å²) in [6.07, 6.45) is 0.772. The predicted molar refractivity (Wildman–Crippen MR) is 74.3 cm³/mol. The van der Waals surface area contributed by atoms with Gasteiger partial charge in [-0.05, 0) is 12.0 Å². The molecule has 1 aromatic rings. The van der Waals surface area contributed by atoms with Crippen LogP contribution in [0, 0.1) is 0 Å². The summed E-state index contributed by atoms with van der Waals surface area (Å²) in [5.41, 5.74) is 1.01. The van der Waals surface area contributed by atoms with E-state index in [1.807, 2.05) is 30.3 Å². The fourth-order valence-electron chi connectivity index (χ4n) is 2.75. The summed E-state index contributed by atoms with van der Waals surface area (Å²) in [7, 11) is 0. The molecule has 0 aromatic heterocycles. The molecule has 0 spiro atoms. The van der Waals surface area contributed by atoms with Gasteiger partial charge in [0.1, 0.15) is 6.61 Å². The molecule has 0 bridgehead atoms. The van der Waals surface area contributed by atoms with E-state index in [9.17, 15) is 4.79 Å². The number of nitrogens with zero attached hydrogens (tertiary/aromatic N) is 1. The first-order chi connectivity index (χ1) is 9.83. The molecule has 2 heterocycles. The average Bonchev–Trinajstić information content (AvgIpc) is 2.53. The van der Waals surface area contributed by atoms with E-state index in [1.54, 1.807) is 4.90 Å². The van der Waals surface area contributed by atoms with Crippen molar-refractivity contribution in [1.82, 2.24) is 10.2 Å². The molecule has 0 aliphatic carbocycles. The number of nitrogens with one attached hydrogen (secondary N) is 1. The molecule has 1 amide bonds. The summed E-state index contributed by atoms with van der Waals surface area (Å²) >= 11 is 0. The van der Waals surface area contributed by atoms with E-state index in [1.165, 1.54) is 0 Å². The summed E-state index contributed by atoms with van der Waals surface area (Å²) in [6, 6.07) is 10.1. The number of likely N-dealkylation sites (tertiary alicyclic amines) is 1. The Morgan fingerprint density at radius 2 is 2.25 bits per heavy atom. The third-order valence-corrected chi connectivity index (χ3v) is 3.86. The SMILES string of the molecule is O=C(OCc1ccccc1)N1CCC2NCCOC2C1. The van der Waals surface area contributed by atoms with E-state index in [0.29, 0.717) is 25.8 Å². The monoisotopic (exact) mass is 276 g/mol. The van der Waals surface area contributed by atoms with Crippen molar-refractivity contribution in [2.75, 3.05) is 26.2 Å². The van der Waals surface area contributed by atoms with Gasteiger partial charge in [0.2, 0.25) is 0 Å². The maximum atomic E-state index is 12.1. The van der Waals surface area contributed by atoms with Crippen LogP contribution in [0.1, 0.15) is 12.0 Å². The lowest BCUT2D eigenvalue weighted by atomic mass is 10.0. The smallest absolute Gasteiger partial charge is 0.410 e. The van der Waals surface area contributed by atoms with Crippen LogP contribution in [-0.4, -0.2) is 49.4 Å². The molecule has 3 rings (SSSR count). The molecule has 2 aliphatic rings. The van der Waals surface area contributed by atoms with Crippen LogP contribution in [0.25, 0.3) is 0 Å². The Labute approximate surface area is 118 Å². The van der Waals surface area contributed by atoms with Crippen LogP contribution >= 0.6 is 0 Å². The molecule has 5 heteroatoms. The highest BCUT2D eigenvalue weighted by Gasteiger charge is 2.34. The molecule has 0 radical (unpaired) electrons. The zero-order chi connectivity index (χ0) is 13.8. The minimum absolute atomic E-state index is 0.0989. The zero-order valence-corrected chi connectivity index (χ0v) is 11.5. The van der Waals surface area contributed by atoms with Gasteiger partial charge in [-0.2, -0.15) is 0 Å². The normalized spacial score (nSPS) is 25.9. The quantitative estimate of drug-likeness (QED) is 0.887. The maximum absolute atomic E-state index is 12.1. The van der Waals surface area contributed by atoms with Gasteiger partial charge in [0, 0.05) is 19.1 Å². The number of hydrogen-bond acceptors (Lipinski definition) is 4. The number of benzene rings is 1. The second-order valence-corrected chi connectivity index (χ2v) is 5.24. The van der Waals surface area contributed by atoms with Crippen LogP contribution < -0.4 is 5.32 Å². The number of hydrogen-bond donors (Lipinski definition) is 1. The molecule has 108 valence electrons. The summed E-state index contributed by atoms with van der Waals surface area (Å²) in [4.78, 5) is 13.8. The highest BCUT2D eigenvalue weighted by atomic mass is 16.6. The van der Waals surface area contributed by atoms with Crippen molar-refractivity contribution in [3.63, 3.8) is 0 Å². The first-order valence-electron chi connectivity index (χ1n) is 7.13. The Morgan fingerprint density at radius 3 is 3.10 bits per heavy atom. The number of amides is 1. The van der Waals surface area contributed by atoms with Crippen molar-refractivity contribution < 1.29 is 14.3 Å². The first kappa shape index (κ1) is 13.4. The lowest BCUT2D eigenvalue weighted by Gasteiger charge is -2.40. The van der Waals surface area contributed by atoms with Gasteiger partial charge in [-0.3, -0.25) is 0 Å². The fourth-order valence-corrected chi connectivity index (χ4v) is 2.75. The number of carbonyl (C=O) groups is 1. The van der Waals surface area contributed by atoms with Crippen LogP contribution in [-0.2, 0) is 16.1 Å². The Hall–Kier alpha value is -1.59. The molecule has 20 heavy (non-hydrogen) atoms. The number of carbonyl (C=O) groups excluding carboxylic acids is 1. The van der Waals surface area contributed by atoms with Crippen molar-refractivity contribution in [1.29, 1.82) is 0 Å². The molecule has 2 atom stereocenters. The molecule has 2 fully saturated rings. The Bertz CT molecular complexity index is 452. The lowest BCUT2D eigenvalue weighted by molar-refractivity contribution is -0.0456. The Balaban J connectivity index is 1.50. The second-order valence-electron chi connectivity index (χ2n) is 5.24. The Morgan fingerprint density at radius 1 is 1.40 bits per heavy atom. The summed E-state index contributed by atoms with van der Waals surface area (Å²) in [6.45, 7) is 3.29. The molecular formula is C15H20N2O3. The van der Waals surface area contributed by atoms with Gasteiger partial charge in [-0.15, -0.1) is 0 Å². The predicted octanol–water partition coefficient (Wildman–Crippen LogP) is 1.39. The van der Waals surface area contributed by atoms with Gasteiger partial charge in [-0.1, -0.05) is 30.3 Å². The van der Waals surface area contributed by atoms with Crippen LogP contribution in [0.4, 0.5) is 4.79 Å². The third kappa shape index (κ3) is 3.11. The van der Waals surface area contributed by atoms with Crippen LogP contribution in [0.2, 0.25) is 0 Å². The van der Waals surface area contributed by atoms with Gasteiger partial charge >= 0.3 is 6.09 Å². The number of fused-ring (bicyclic) bond motifs is 1. The zero-order valence-electron chi connectivity index (χ0n) is 11.5. The van der Waals surface area contributed by atoms with E-state index in [4.69, 9.17) is 9.47 Å². The highest BCUT2D eigenvalue weighted by molar-refractivity contribution is 5.67. The van der Waals surface area contributed by atoms with Gasteiger partial charge in [0.25, 0.3) is 0 Å². The minimum atomic E-state index is -0.249. The average molecular weight is 276 g/mol. The molecule has 1 N–H and O–H groups in total. The Kier molecular flexibility index (Phi) is 4.18. The third-order valence-electron chi connectivity index (χ3n) is 3.86. The van der Waals surface area contributed by atoms with E-state index >= 15 is 0 Å². The van der Waals surface area contributed by atoms with Crippen molar-refractivity contribution in [2.24, 2.45) is 0 Å². The van der Waals surface area contributed by atoms with E-state index in [0.717, 1.165) is 25.1 Å². The van der Waals surface area contributed by atoms with Crippen LogP contribution in [0.15, 0.2) is 30.3 Å². The summed E-state index contributed by atoms with van der Waals surface area (Å²) < 4.78 is 11.1. The highest BCUT2D eigenvalue weighted by Crippen LogP contribution is 2.17. The number of rotatable bonds is 2. The van der Waals surface area contributed by atoms with Gasteiger partial charge in [0.05, 0.1) is 19.3 Å². The fraction of sp³-hybridized carbons (Fsp3) is 0.533. The lowest BCUT2D eigenvalue weighted by Crippen LogP contribution is -2.58. The number of ether oxygens (including phenoxy) is 2. The van der Waals surface area contributed by atoms with Gasteiger partial charge in [0.15, 0.2) is 0 Å². The van der Waals surface area contributed by atoms with Gasteiger partial charge in [-0.25, -0.2) is 4.79 Å². The van der Waals surface area contributed by atoms with Crippen LogP contribution in [0.5, 0.6) is 0 Å². The molecule has 5 nitrogen and oxygen atoms in total. The maximum Gasteiger partial charge on any atom is 0.410 e. The summed E-state index contributed by atoms with van der Waals surface area (Å²) in [5, 5.41) is 3.43. The van der Waals surface area contributed by atoms with E-state index in [-0.39, 0.29) is 12.2 Å². The van der Waals surface area contributed by atoms with Gasteiger partial charge < -0.3 is 19.7 Å². The standard InChI is InChI=1S/C15H20N2O3/c18-15(20-11-12-4-2-1-3-5-12)17-8-6-13-14(10-17)19-9-7-16-13/h1-5,13-14,16H,6-11H2. The topological polar surface area (TPSA) is 50.8 Å². The van der Waals surface area contributed by atoms with E-state index in [2.05, 4.69) is 5.32 Å². The molecule has 2 aliphatic heterocycles. The van der Waals surface area contributed by atoms with Crippen molar-refractivity contribution >= 4 is 6.09 Å². The summed E-state index contributed by atoms with van der Waals surface area (Å²) in [5.74, 6) is 0. The first-order valence-corrected chi connectivity index (χ1v) is 7.13. The minimum Gasteiger partial charge on any atom is -0.445 e. The number of morpholine rings is 1. The van der Waals surface area contributed by atoms with Crippen molar-refractivity contribution in [3.8, 4) is 0 Å². The molecule has 0 saturated carbocycles. The van der Waals surface area contributed by atoms with Crippen molar-refractivity contribution in [3.05, 3.63) is 35.9 Å². The van der Waals surface area contributed by atoms with Crippen molar-refractivity contribution in [2.45, 2.75) is 25.2 Å². The largest absolute Gasteiger partial charge is 0.445 e. The molecule has 1 aromatic carbocycles. The molecule has 2 unspecified atom stereocenters. The number of piperidine rings is 1. The molecular weight excluding hydrogens is 256 g/mol. The van der Waals surface area contributed by atoms with Crippen LogP contribution in [0.3, 0.4) is 0 Å². The van der Waals surface area contributed by atoms with E-state index < -0.39 is 0 Å².